The molecule has 0 spiro atoms. The van der Waals surface area contributed by atoms with Crippen molar-refractivity contribution in [1.82, 2.24) is 9.80 Å². The fourth-order valence-corrected chi connectivity index (χ4v) is 10.5. The summed E-state index contributed by atoms with van der Waals surface area (Å²) < 4.78 is 57.3. The fourth-order valence-electron chi connectivity index (χ4n) is 10.5. The number of nitrogens with zero attached hydrogens (tertiary/aromatic N) is 4. The zero-order chi connectivity index (χ0) is 53.3. The molecule has 2 aromatic carbocycles. The Morgan fingerprint density at radius 1 is 0.627 bits per heavy atom. The zero-order valence-electron chi connectivity index (χ0n) is 43.9. The Bertz CT molecular complexity index is 2280. The average molecular weight is 1050 g/mol. The van der Waals surface area contributed by atoms with E-state index < -0.39 is 37.2 Å². The quantitative estimate of drug-likeness (QED) is 0.0602. The molecule has 4 amide bonds. The first-order valence-corrected chi connectivity index (χ1v) is 26.7. The molecule has 4 saturated heterocycles. The first-order valence-electron chi connectivity index (χ1n) is 26.7. The van der Waals surface area contributed by atoms with Crippen LogP contribution in [-0.2, 0) is 38.0 Å². The van der Waals surface area contributed by atoms with Crippen molar-refractivity contribution in [3.63, 3.8) is 0 Å². The predicted octanol–water partition coefficient (Wildman–Crippen LogP) is 9.00. The lowest BCUT2D eigenvalue weighted by atomic mass is 10.00. The Labute approximate surface area is 440 Å². The highest BCUT2D eigenvalue weighted by atomic mass is 16.7. The van der Waals surface area contributed by atoms with Gasteiger partial charge in [-0.25, -0.2) is 19.4 Å². The molecule has 6 heterocycles. The minimum atomic E-state index is -0.825. The number of phenols is 1. The molecule has 6 aliphatic heterocycles. The molecule has 0 aromatic heterocycles. The van der Waals surface area contributed by atoms with Crippen molar-refractivity contribution in [1.29, 1.82) is 0 Å². The number of carbonyl (C=O) groups excluding carboxylic acids is 5. The topological polar surface area (TPSA) is 211 Å². The van der Waals surface area contributed by atoms with E-state index in [1.54, 1.807) is 17.0 Å². The summed E-state index contributed by atoms with van der Waals surface area (Å²) in [6.07, 6.45) is 14.0. The van der Waals surface area contributed by atoms with Gasteiger partial charge in [-0.2, -0.15) is 0 Å². The molecule has 6 aliphatic rings. The van der Waals surface area contributed by atoms with Crippen molar-refractivity contribution in [3.8, 4) is 23.0 Å². The summed E-state index contributed by atoms with van der Waals surface area (Å²) in [5.41, 5.74) is 1.15. The molecule has 8 rings (SSSR count). The maximum atomic E-state index is 14.0. The van der Waals surface area contributed by atoms with Crippen molar-refractivity contribution in [3.05, 3.63) is 60.7 Å². The van der Waals surface area contributed by atoms with Gasteiger partial charge in [-0.3, -0.25) is 14.4 Å². The predicted molar refractivity (Wildman–Crippen MR) is 275 cm³/mol. The highest BCUT2D eigenvalue weighted by molar-refractivity contribution is 6.07. The van der Waals surface area contributed by atoms with E-state index in [4.69, 9.17) is 42.6 Å². The van der Waals surface area contributed by atoms with Crippen LogP contribution in [0.3, 0.4) is 0 Å². The number of anilines is 2. The Kier molecular flexibility index (Phi) is 21.3. The van der Waals surface area contributed by atoms with Crippen LogP contribution in [0.15, 0.2) is 49.6 Å². The smallest absolute Gasteiger partial charge is 0.416 e. The van der Waals surface area contributed by atoms with Gasteiger partial charge in [-0.1, -0.05) is 44.6 Å². The van der Waals surface area contributed by atoms with Crippen LogP contribution in [0, 0.1) is 0 Å². The summed E-state index contributed by atoms with van der Waals surface area (Å²) in [7, 11) is 4.34. The van der Waals surface area contributed by atoms with Gasteiger partial charge in [-0.05, 0) is 102 Å². The van der Waals surface area contributed by atoms with Crippen LogP contribution >= 0.6 is 0 Å². The molecule has 1 N–H and O–H groups in total. The molecule has 6 atom stereocenters. The summed E-state index contributed by atoms with van der Waals surface area (Å²) >= 11 is 0. The number of piperidine rings is 2. The summed E-state index contributed by atoms with van der Waals surface area (Å²) in [5, 5.41) is 10.5. The van der Waals surface area contributed by atoms with Gasteiger partial charge < -0.3 is 62.3 Å². The van der Waals surface area contributed by atoms with Gasteiger partial charge in [0.25, 0.3) is 11.8 Å². The van der Waals surface area contributed by atoms with Gasteiger partial charge in [0.2, 0.25) is 0 Å². The number of esters is 1. The average Bonchev–Trinajstić information content (AvgIpc) is 3.60. The lowest BCUT2D eigenvalue weighted by Gasteiger charge is -2.42. The number of ether oxygens (including phenoxy) is 10. The van der Waals surface area contributed by atoms with Crippen molar-refractivity contribution in [2.24, 2.45) is 0 Å². The first-order chi connectivity index (χ1) is 36.5. The summed E-state index contributed by atoms with van der Waals surface area (Å²) in [6.45, 7) is 9.99. The van der Waals surface area contributed by atoms with Crippen LogP contribution in [0.5, 0.6) is 23.0 Å². The molecule has 0 radical (unpaired) electrons. The van der Waals surface area contributed by atoms with Crippen LogP contribution < -0.4 is 24.0 Å². The van der Waals surface area contributed by atoms with Crippen LogP contribution in [0.2, 0.25) is 0 Å². The number of benzene rings is 2. The molecule has 412 valence electrons. The second-order valence-electron chi connectivity index (χ2n) is 19.2. The highest BCUT2D eigenvalue weighted by Crippen LogP contribution is 2.44. The van der Waals surface area contributed by atoms with Gasteiger partial charge in [-0.15, -0.1) is 0 Å². The second-order valence-corrected chi connectivity index (χ2v) is 19.2. The third kappa shape index (κ3) is 14.0. The Morgan fingerprint density at radius 3 is 1.61 bits per heavy atom. The Balaban J connectivity index is 0.000000228. The van der Waals surface area contributed by atoms with E-state index in [1.165, 1.54) is 55.4 Å². The summed E-state index contributed by atoms with van der Waals surface area (Å²) in [6, 6.07) is 5.42. The summed E-state index contributed by atoms with van der Waals surface area (Å²) in [5.74, 6) is 0.193. The number of hydrogen-bond donors (Lipinski definition) is 1. The molecule has 4 unspecified atom stereocenters. The van der Waals surface area contributed by atoms with Crippen LogP contribution in [-0.4, -0.2) is 149 Å². The number of unbranched alkanes of at least 4 members (excludes halogenated alkanes) is 4. The van der Waals surface area contributed by atoms with E-state index in [9.17, 15) is 29.1 Å². The van der Waals surface area contributed by atoms with Gasteiger partial charge in [0.15, 0.2) is 48.0 Å². The van der Waals surface area contributed by atoms with Crippen molar-refractivity contribution < 1.29 is 76.4 Å². The SMILES string of the molecule is C=CCOC(=O)N1c2cc(O)c(OC)cc2C(=O)N2CCCC[C@H]2C1OC1CCCCO1.C=CCOC(=O)N1c2cc(OCCCCCCCC(=O)OC)c(OC)cc2C(=O)N2CCCC[C@H]2C1OC1CCCCO1. The molecule has 0 bridgehead atoms. The number of fused-ring (bicyclic) bond motifs is 4. The van der Waals surface area contributed by atoms with Gasteiger partial charge in [0.05, 0.1) is 62.5 Å². The fraction of sp³-hybridized carbons (Fsp3) is 0.618. The molecule has 20 heteroatoms. The lowest BCUT2D eigenvalue weighted by Crippen LogP contribution is -2.57. The van der Waals surface area contributed by atoms with Crippen LogP contribution in [0.25, 0.3) is 0 Å². The minimum absolute atomic E-state index is 0.00177. The van der Waals surface area contributed by atoms with E-state index in [0.29, 0.717) is 87.8 Å². The number of phenolic OH excluding ortho intramolecular Hbond substituents is 1. The standard InChI is InChI=1S/C32H46N2O9.C23H30N2O7/c1-4-18-42-32(37)34-25-22-27(40-19-12-7-5-6-8-15-28(35)39-3)26(38-2)21-23(25)30(36)33-17-11-9-14-24(33)31(34)43-29-16-10-13-20-41-29;1-3-11-31-23(28)25-17-14-18(26)19(29-2)13-15(17)21(27)24-10-6-4-8-16(24)22(25)32-20-9-5-7-12-30-20/h4,21-22,24,29,31H,1,5-20H2,2-3H3;3,13-14,16,20,22,26H,1,4-12H2,2H3/t24-,29?,31?;16-,20?,22?/m00/s1. The van der Waals surface area contributed by atoms with E-state index >= 15 is 0 Å². The van der Waals surface area contributed by atoms with Crippen LogP contribution in [0.4, 0.5) is 21.0 Å². The maximum Gasteiger partial charge on any atom is 0.416 e. The third-order valence-electron chi connectivity index (χ3n) is 14.3. The third-order valence-corrected chi connectivity index (χ3v) is 14.3. The van der Waals surface area contributed by atoms with Crippen molar-refractivity contribution in [2.45, 2.75) is 153 Å². The van der Waals surface area contributed by atoms with Gasteiger partial charge >= 0.3 is 18.2 Å². The Hall–Kier alpha value is -6.09. The molecule has 2 aromatic rings. The summed E-state index contributed by atoms with van der Waals surface area (Å²) in [4.78, 5) is 72.3. The lowest BCUT2D eigenvalue weighted by molar-refractivity contribution is -0.199. The number of hydrogen-bond acceptors (Lipinski definition) is 16. The minimum Gasteiger partial charge on any atom is -0.504 e. The van der Waals surface area contributed by atoms with E-state index in [0.717, 1.165) is 83.5 Å². The molecule has 75 heavy (non-hydrogen) atoms. The largest absolute Gasteiger partial charge is 0.504 e. The Morgan fingerprint density at radius 2 is 1.12 bits per heavy atom. The van der Waals surface area contributed by atoms with E-state index in [-0.39, 0.29) is 65.8 Å². The van der Waals surface area contributed by atoms with Gasteiger partial charge in [0.1, 0.15) is 13.2 Å². The normalized spacial score (nSPS) is 23.3. The van der Waals surface area contributed by atoms with Crippen molar-refractivity contribution in [2.75, 3.05) is 77.3 Å². The molecule has 0 aliphatic carbocycles. The highest BCUT2D eigenvalue weighted by Gasteiger charge is 2.49. The molecular weight excluding hydrogens is 973 g/mol. The first kappa shape index (κ1) is 56.6. The molecular formula is C55H76N4O16. The number of amides is 4. The molecule has 0 saturated carbocycles. The molecule has 20 nitrogen and oxygen atoms in total. The maximum absolute atomic E-state index is 14.0. The second kappa shape index (κ2) is 28.2. The van der Waals surface area contributed by atoms with E-state index in [2.05, 4.69) is 17.9 Å². The number of aromatic hydroxyl groups is 1. The number of carbonyl (C=O) groups is 5. The number of methoxy groups -OCH3 is 3. The zero-order valence-corrected chi connectivity index (χ0v) is 43.9. The monoisotopic (exact) mass is 1050 g/mol. The molecule has 4 fully saturated rings. The van der Waals surface area contributed by atoms with Crippen molar-refractivity contribution >= 4 is 41.3 Å². The number of rotatable bonds is 19. The van der Waals surface area contributed by atoms with Gasteiger partial charge in [0, 0.05) is 44.9 Å². The van der Waals surface area contributed by atoms with E-state index in [1.807, 2.05) is 4.90 Å². The van der Waals surface area contributed by atoms with Crippen LogP contribution in [0.1, 0.15) is 136 Å².